The van der Waals surface area contributed by atoms with Gasteiger partial charge in [0.05, 0.1) is 6.20 Å². The number of amides is 1. The number of carbonyl (C=O) groups excluding carboxylic acids is 1. The third kappa shape index (κ3) is 2.89. The molecule has 1 fully saturated rings. The first-order valence-corrected chi connectivity index (χ1v) is 7.63. The molecule has 1 unspecified atom stereocenters. The minimum atomic E-state index is -0.325. The standard InChI is InChI=1S/C15H22N6O/c1-16-13(12-9-19-20(2)10-12)15(22)21-7-3-11(4-8-21)14-17-5-6-18-14/h5-6,9-11,13,16H,3-4,7-8H2,1-2H3,(H,17,18). The molecule has 1 aliphatic heterocycles. The van der Waals surface area contributed by atoms with E-state index >= 15 is 0 Å². The maximum atomic E-state index is 12.7. The minimum absolute atomic E-state index is 0.119. The van der Waals surface area contributed by atoms with E-state index in [0.717, 1.165) is 37.3 Å². The van der Waals surface area contributed by atoms with Gasteiger partial charge >= 0.3 is 0 Å². The minimum Gasteiger partial charge on any atom is -0.348 e. The fourth-order valence-corrected chi connectivity index (χ4v) is 3.08. The Morgan fingerprint density at radius 2 is 2.23 bits per heavy atom. The lowest BCUT2D eigenvalue weighted by molar-refractivity contribution is -0.134. The third-order valence-corrected chi connectivity index (χ3v) is 4.31. The Bertz CT molecular complexity index is 612. The summed E-state index contributed by atoms with van der Waals surface area (Å²) >= 11 is 0. The van der Waals surface area contributed by atoms with Crippen molar-refractivity contribution >= 4 is 5.91 Å². The molecule has 2 N–H and O–H groups in total. The molecule has 118 valence electrons. The van der Waals surface area contributed by atoms with Gasteiger partial charge in [0.15, 0.2) is 0 Å². The van der Waals surface area contributed by atoms with E-state index in [1.807, 2.05) is 31.4 Å². The van der Waals surface area contributed by atoms with Crippen LogP contribution in [0.3, 0.4) is 0 Å². The van der Waals surface area contributed by atoms with Crippen LogP contribution in [0.4, 0.5) is 0 Å². The Hall–Kier alpha value is -2.15. The van der Waals surface area contributed by atoms with Crippen LogP contribution >= 0.6 is 0 Å². The van der Waals surface area contributed by atoms with Gasteiger partial charge < -0.3 is 15.2 Å². The molecule has 1 saturated heterocycles. The van der Waals surface area contributed by atoms with Crippen LogP contribution in [0.2, 0.25) is 0 Å². The Morgan fingerprint density at radius 1 is 1.45 bits per heavy atom. The highest BCUT2D eigenvalue weighted by molar-refractivity contribution is 5.83. The molecule has 0 aromatic carbocycles. The number of H-pyrrole nitrogens is 1. The Morgan fingerprint density at radius 3 is 2.77 bits per heavy atom. The number of piperidine rings is 1. The van der Waals surface area contributed by atoms with Gasteiger partial charge in [-0.25, -0.2) is 4.98 Å². The predicted octanol–water partition coefficient (Wildman–Crippen LogP) is 0.810. The number of imidazole rings is 1. The second kappa shape index (κ2) is 6.31. The number of likely N-dealkylation sites (N-methyl/N-ethyl adjacent to an activating group) is 1. The van der Waals surface area contributed by atoms with Crippen molar-refractivity contribution in [3.63, 3.8) is 0 Å². The van der Waals surface area contributed by atoms with Crippen LogP contribution in [0.15, 0.2) is 24.8 Å². The molecule has 0 saturated carbocycles. The first kappa shape index (κ1) is 14.8. The lowest BCUT2D eigenvalue weighted by Crippen LogP contribution is -2.43. The molecular weight excluding hydrogens is 280 g/mol. The van der Waals surface area contributed by atoms with Gasteiger partial charge in [0.1, 0.15) is 11.9 Å². The maximum Gasteiger partial charge on any atom is 0.244 e. The third-order valence-electron chi connectivity index (χ3n) is 4.31. The van der Waals surface area contributed by atoms with Crippen molar-refractivity contribution in [2.45, 2.75) is 24.8 Å². The Labute approximate surface area is 129 Å². The van der Waals surface area contributed by atoms with Gasteiger partial charge in [-0.05, 0) is 19.9 Å². The van der Waals surface area contributed by atoms with E-state index in [9.17, 15) is 4.79 Å². The smallest absolute Gasteiger partial charge is 0.244 e. The zero-order valence-electron chi connectivity index (χ0n) is 13.0. The molecule has 1 amide bonds. The summed E-state index contributed by atoms with van der Waals surface area (Å²) in [5.74, 6) is 1.57. The van der Waals surface area contributed by atoms with Gasteiger partial charge in [-0.1, -0.05) is 0 Å². The first-order valence-electron chi connectivity index (χ1n) is 7.63. The highest BCUT2D eigenvalue weighted by Gasteiger charge is 2.30. The second-order valence-corrected chi connectivity index (χ2v) is 5.74. The number of hydrogen-bond donors (Lipinski definition) is 2. The average molecular weight is 302 g/mol. The van der Waals surface area contributed by atoms with E-state index in [1.165, 1.54) is 0 Å². The summed E-state index contributed by atoms with van der Waals surface area (Å²) in [7, 11) is 3.67. The Kier molecular flexibility index (Phi) is 4.24. The van der Waals surface area contributed by atoms with Gasteiger partial charge in [0.25, 0.3) is 0 Å². The van der Waals surface area contributed by atoms with Gasteiger partial charge in [-0.15, -0.1) is 0 Å². The summed E-state index contributed by atoms with van der Waals surface area (Å²) in [6.07, 6.45) is 9.16. The van der Waals surface area contributed by atoms with E-state index in [4.69, 9.17) is 0 Å². The van der Waals surface area contributed by atoms with Crippen LogP contribution < -0.4 is 5.32 Å². The lowest BCUT2D eigenvalue weighted by Gasteiger charge is -2.33. The largest absolute Gasteiger partial charge is 0.348 e. The Balaban J connectivity index is 1.63. The molecule has 1 aliphatic rings. The number of carbonyl (C=O) groups is 1. The van der Waals surface area contributed by atoms with Crippen molar-refractivity contribution in [2.24, 2.45) is 7.05 Å². The van der Waals surface area contributed by atoms with Crippen LogP contribution in [0.1, 0.15) is 36.2 Å². The summed E-state index contributed by atoms with van der Waals surface area (Å²) in [6, 6.07) is -0.325. The number of nitrogens with one attached hydrogen (secondary N) is 2. The zero-order valence-corrected chi connectivity index (χ0v) is 13.0. The van der Waals surface area contributed by atoms with Crippen LogP contribution in [0.25, 0.3) is 0 Å². The molecule has 7 nitrogen and oxygen atoms in total. The molecule has 2 aromatic heterocycles. The number of nitrogens with zero attached hydrogens (tertiary/aromatic N) is 4. The van der Waals surface area contributed by atoms with Crippen molar-refractivity contribution in [1.82, 2.24) is 30.0 Å². The number of likely N-dealkylation sites (tertiary alicyclic amines) is 1. The summed E-state index contributed by atoms with van der Waals surface area (Å²) < 4.78 is 1.72. The number of rotatable bonds is 4. The maximum absolute atomic E-state index is 12.7. The molecule has 0 spiro atoms. The molecule has 0 radical (unpaired) electrons. The fraction of sp³-hybridized carbons (Fsp3) is 0.533. The molecule has 7 heteroatoms. The normalized spacial score (nSPS) is 17.6. The van der Waals surface area contributed by atoms with Crippen molar-refractivity contribution in [1.29, 1.82) is 0 Å². The van der Waals surface area contributed by atoms with Crippen molar-refractivity contribution in [3.05, 3.63) is 36.2 Å². The summed E-state index contributed by atoms with van der Waals surface area (Å²) in [5, 5.41) is 7.26. The SMILES string of the molecule is CNC(C(=O)N1CCC(c2ncc[nH]2)CC1)c1cnn(C)c1. The quantitative estimate of drug-likeness (QED) is 0.876. The summed E-state index contributed by atoms with van der Waals surface area (Å²) in [4.78, 5) is 22.2. The van der Waals surface area contributed by atoms with E-state index in [-0.39, 0.29) is 11.9 Å². The number of aryl methyl sites for hydroxylation is 1. The number of aromatic amines is 1. The fourth-order valence-electron chi connectivity index (χ4n) is 3.08. The van der Waals surface area contributed by atoms with Gasteiger partial charge in [0, 0.05) is 50.2 Å². The highest BCUT2D eigenvalue weighted by Crippen LogP contribution is 2.27. The van der Waals surface area contributed by atoms with Crippen molar-refractivity contribution in [2.75, 3.05) is 20.1 Å². The van der Waals surface area contributed by atoms with Crippen LogP contribution in [-0.4, -0.2) is 50.7 Å². The first-order chi connectivity index (χ1) is 10.7. The van der Waals surface area contributed by atoms with Crippen molar-refractivity contribution < 1.29 is 4.79 Å². The van der Waals surface area contributed by atoms with E-state index in [2.05, 4.69) is 20.4 Å². The van der Waals surface area contributed by atoms with Crippen LogP contribution in [-0.2, 0) is 11.8 Å². The van der Waals surface area contributed by atoms with Crippen LogP contribution in [0.5, 0.6) is 0 Å². The van der Waals surface area contributed by atoms with E-state index < -0.39 is 0 Å². The topological polar surface area (TPSA) is 78.8 Å². The molecule has 0 bridgehead atoms. The number of hydrogen-bond acceptors (Lipinski definition) is 4. The van der Waals surface area contributed by atoms with Gasteiger partial charge in [0.2, 0.25) is 5.91 Å². The van der Waals surface area contributed by atoms with E-state index in [0.29, 0.717) is 5.92 Å². The molecule has 0 aliphatic carbocycles. The molecule has 1 atom stereocenters. The van der Waals surface area contributed by atoms with Crippen molar-refractivity contribution in [3.8, 4) is 0 Å². The molecule has 22 heavy (non-hydrogen) atoms. The second-order valence-electron chi connectivity index (χ2n) is 5.74. The molecule has 2 aromatic rings. The summed E-state index contributed by atoms with van der Waals surface area (Å²) in [6.45, 7) is 1.53. The molecule has 3 rings (SSSR count). The monoisotopic (exact) mass is 302 g/mol. The highest BCUT2D eigenvalue weighted by atomic mass is 16.2. The van der Waals surface area contributed by atoms with Gasteiger partial charge in [-0.2, -0.15) is 5.10 Å². The lowest BCUT2D eigenvalue weighted by atomic mass is 9.95. The molecular formula is C15H22N6O. The summed E-state index contributed by atoms with van der Waals surface area (Å²) in [5.41, 5.74) is 0.906. The average Bonchev–Trinajstić information content (AvgIpc) is 3.20. The number of aromatic nitrogens is 4. The van der Waals surface area contributed by atoms with Gasteiger partial charge in [-0.3, -0.25) is 9.48 Å². The zero-order chi connectivity index (χ0) is 15.5. The van der Waals surface area contributed by atoms with Crippen LogP contribution in [0, 0.1) is 0 Å². The molecule has 3 heterocycles. The predicted molar refractivity (Wildman–Crippen MR) is 82.2 cm³/mol. The van der Waals surface area contributed by atoms with E-state index in [1.54, 1.807) is 17.1 Å².